The highest BCUT2D eigenvalue weighted by Crippen LogP contribution is 2.15. The lowest BCUT2D eigenvalue weighted by Gasteiger charge is -2.02. The smallest absolute Gasteiger partial charge is 0.240 e. The van der Waals surface area contributed by atoms with Gasteiger partial charge in [0.1, 0.15) is 0 Å². The van der Waals surface area contributed by atoms with E-state index in [4.69, 9.17) is 0 Å². The number of nitrogens with one attached hydrogen (secondary N) is 2. The van der Waals surface area contributed by atoms with Gasteiger partial charge in [-0.05, 0) is 12.5 Å². The Labute approximate surface area is 151 Å². The topological polar surface area (TPSA) is 57.2 Å². The molecule has 1 heterocycles. The SMILES string of the molecule is CCCCCCCCCCCC(=O)NN=Cc1c[nH]c2ccccc12. The molecule has 0 saturated carbocycles. The zero-order valence-corrected chi connectivity index (χ0v) is 15.4. The van der Waals surface area contributed by atoms with Crippen molar-refractivity contribution in [2.24, 2.45) is 5.10 Å². The maximum Gasteiger partial charge on any atom is 0.240 e. The van der Waals surface area contributed by atoms with Crippen LogP contribution in [0.4, 0.5) is 0 Å². The summed E-state index contributed by atoms with van der Waals surface area (Å²) in [4.78, 5) is 15.0. The highest BCUT2D eigenvalue weighted by atomic mass is 16.2. The predicted octanol–water partition coefficient (Wildman–Crippen LogP) is 5.54. The number of fused-ring (bicyclic) bond motifs is 1. The lowest BCUT2D eigenvalue weighted by atomic mass is 10.1. The second-order valence-corrected chi connectivity index (χ2v) is 6.66. The average molecular weight is 341 g/mol. The number of hydrazone groups is 1. The first-order chi connectivity index (χ1) is 12.3. The normalized spacial score (nSPS) is 11.4. The monoisotopic (exact) mass is 341 g/mol. The van der Waals surface area contributed by atoms with Crippen LogP contribution in [0.25, 0.3) is 10.9 Å². The molecule has 1 amide bonds. The maximum absolute atomic E-state index is 11.8. The van der Waals surface area contributed by atoms with Gasteiger partial charge in [0.05, 0.1) is 6.21 Å². The molecule has 0 fully saturated rings. The first-order valence-corrected chi connectivity index (χ1v) is 9.69. The Morgan fingerprint density at radius 3 is 2.48 bits per heavy atom. The number of nitrogens with zero attached hydrogens (tertiary/aromatic N) is 1. The van der Waals surface area contributed by atoms with E-state index in [-0.39, 0.29) is 5.91 Å². The molecule has 0 spiro atoms. The van der Waals surface area contributed by atoms with Crippen molar-refractivity contribution in [3.8, 4) is 0 Å². The van der Waals surface area contributed by atoms with Gasteiger partial charge in [-0.15, -0.1) is 0 Å². The lowest BCUT2D eigenvalue weighted by Crippen LogP contribution is -2.16. The van der Waals surface area contributed by atoms with Crippen LogP contribution in [0.5, 0.6) is 0 Å². The van der Waals surface area contributed by atoms with Crippen LogP contribution in [-0.2, 0) is 4.79 Å². The van der Waals surface area contributed by atoms with Crippen LogP contribution in [0.1, 0.15) is 76.7 Å². The van der Waals surface area contributed by atoms with E-state index in [0.29, 0.717) is 6.42 Å². The number of aromatic nitrogens is 1. The molecule has 4 heteroatoms. The van der Waals surface area contributed by atoms with E-state index in [9.17, 15) is 4.79 Å². The van der Waals surface area contributed by atoms with Gasteiger partial charge in [0.25, 0.3) is 0 Å². The van der Waals surface area contributed by atoms with Crippen LogP contribution in [0.15, 0.2) is 35.6 Å². The fourth-order valence-corrected chi connectivity index (χ4v) is 3.03. The fourth-order valence-electron chi connectivity index (χ4n) is 3.03. The fraction of sp³-hybridized carbons (Fsp3) is 0.524. The molecule has 0 saturated heterocycles. The second kappa shape index (κ2) is 11.5. The van der Waals surface area contributed by atoms with Crippen molar-refractivity contribution in [2.45, 2.75) is 71.1 Å². The zero-order chi connectivity index (χ0) is 17.7. The molecule has 0 aliphatic rings. The number of hydrogen-bond acceptors (Lipinski definition) is 2. The first-order valence-electron chi connectivity index (χ1n) is 9.69. The summed E-state index contributed by atoms with van der Waals surface area (Å²) < 4.78 is 0. The summed E-state index contributed by atoms with van der Waals surface area (Å²) in [5.74, 6) is -0.000892. The number of unbranched alkanes of at least 4 members (excludes halogenated alkanes) is 8. The number of H-pyrrole nitrogens is 1. The minimum absolute atomic E-state index is 0.000892. The van der Waals surface area contributed by atoms with Crippen LogP contribution < -0.4 is 5.43 Å². The minimum atomic E-state index is -0.000892. The zero-order valence-electron chi connectivity index (χ0n) is 15.4. The summed E-state index contributed by atoms with van der Waals surface area (Å²) in [7, 11) is 0. The minimum Gasteiger partial charge on any atom is -0.361 e. The van der Waals surface area contributed by atoms with E-state index in [1.165, 1.54) is 44.9 Å². The van der Waals surface area contributed by atoms with Crippen molar-refractivity contribution in [2.75, 3.05) is 0 Å². The number of aromatic amines is 1. The van der Waals surface area contributed by atoms with E-state index < -0.39 is 0 Å². The van der Waals surface area contributed by atoms with Gasteiger partial charge in [-0.2, -0.15) is 5.10 Å². The Morgan fingerprint density at radius 1 is 1.04 bits per heavy atom. The summed E-state index contributed by atoms with van der Waals surface area (Å²) >= 11 is 0. The average Bonchev–Trinajstić information content (AvgIpc) is 3.04. The Bertz CT molecular complexity index is 660. The Balaban J connectivity index is 1.55. The predicted molar refractivity (Wildman–Crippen MR) is 106 cm³/mol. The van der Waals surface area contributed by atoms with Crippen LogP contribution in [0.3, 0.4) is 0 Å². The standard InChI is InChI=1S/C21H31N3O/c1-2-3-4-5-6-7-8-9-10-15-21(25)24-23-17-18-16-22-20-14-12-11-13-19(18)20/h11-14,16-17,22H,2-10,15H2,1H3,(H,24,25). The van der Waals surface area contributed by atoms with Gasteiger partial charge in [-0.25, -0.2) is 5.43 Å². The molecule has 136 valence electrons. The number of amides is 1. The van der Waals surface area contributed by atoms with Crippen molar-refractivity contribution in [3.63, 3.8) is 0 Å². The summed E-state index contributed by atoms with van der Waals surface area (Å²) in [6, 6.07) is 8.05. The molecular formula is C21H31N3O. The number of benzene rings is 1. The molecular weight excluding hydrogens is 310 g/mol. The quantitative estimate of drug-likeness (QED) is 0.297. The molecule has 4 nitrogen and oxygen atoms in total. The molecule has 1 aromatic heterocycles. The van der Waals surface area contributed by atoms with Gasteiger partial charge in [0.2, 0.25) is 5.91 Å². The van der Waals surface area contributed by atoms with E-state index >= 15 is 0 Å². The van der Waals surface area contributed by atoms with Gasteiger partial charge in [0.15, 0.2) is 0 Å². The van der Waals surface area contributed by atoms with E-state index in [1.807, 2.05) is 30.5 Å². The Morgan fingerprint density at radius 2 is 1.72 bits per heavy atom. The molecule has 0 aliphatic heterocycles. The molecule has 25 heavy (non-hydrogen) atoms. The number of hydrogen-bond donors (Lipinski definition) is 2. The molecule has 0 bridgehead atoms. The molecule has 0 aliphatic carbocycles. The highest BCUT2D eigenvalue weighted by molar-refractivity contribution is 5.99. The highest BCUT2D eigenvalue weighted by Gasteiger charge is 2.01. The Kier molecular flexibility index (Phi) is 8.81. The van der Waals surface area contributed by atoms with Crippen molar-refractivity contribution >= 4 is 23.0 Å². The number of rotatable bonds is 12. The van der Waals surface area contributed by atoms with Crippen LogP contribution >= 0.6 is 0 Å². The molecule has 0 unspecified atom stereocenters. The van der Waals surface area contributed by atoms with Crippen LogP contribution in [0, 0.1) is 0 Å². The summed E-state index contributed by atoms with van der Waals surface area (Å²) in [6.07, 6.45) is 15.5. The summed E-state index contributed by atoms with van der Waals surface area (Å²) in [5.41, 5.74) is 4.69. The van der Waals surface area contributed by atoms with E-state index in [0.717, 1.165) is 29.3 Å². The second-order valence-electron chi connectivity index (χ2n) is 6.66. The van der Waals surface area contributed by atoms with Gasteiger partial charge in [-0.3, -0.25) is 4.79 Å². The molecule has 0 radical (unpaired) electrons. The molecule has 2 N–H and O–H groups in total. The van der Waals surface area contributed by atoms with Crippen LogP contribution in [-0.4, -0.2) is 17.1 Å². The van der Waals surface area contributed by atoms with Gasteiger partial charge in [0, 0.05) is 29.1 Å². The maximum atomic E-state index is 11.8. The van der Waals surface area contributed by atoms with Crippen molar-refractivity contribution in [1.29, 1.82) is 0 Å². The third-order valence-electron chi connectivity index (χ3n) is 4.52. The molecule has 2 rings (SSSR count). The Hall–Kier alpha value is -2.10. The van der Waals surface area contributed by atoms with Gasteiger partial charge < -0.3 is 4.98 Å². The first kappa shape index (κ1) is 19.2. The lowest BCUT2D eigenvalue weighted by molar-refractivity contribution is -0.121. The summed E-state index contributed by atoms with van der Waals surface area (Å²) in [6.45, 7) is 2.25. The van der Waals surface area contributed by atoms with Crippen molar-refractivity contribution in [1.82, 2.24) is 10.4 Å². The van der Waals surface area contributed by atoms with E-state index in [1.54, 1.807) is 6.21 Å². The number of para-hydroxylation sites is 1. The molecule has 1 aromatic carbocycles. The largest absolute Gasteiger partial charge is 0.361 e. The van der Waals surface area contributed by atoms with Gasteiger partial charge in [-0.1, -0.05) is 76.5 Å². The number of carbonyl (C=O) groups excluding carboxylic acids is 1. The third-order valence-corrected chi connectivity index (χ3v) is 4.52. The third kappa shape index (κ3) is 7.12. The van der Waals surface area contributed by atoms with Crippen molar-refractivity contribution in [3.05, 3.63) is 36.0 Å². The van der Waals surface area contributed by atoms with Crippen molar-refractivity contribution < 1.29 is 4.79 Å². The molecule has 0 atom stereocenters. The van der Waals surface area contributed by atoms with Crippen LogP contribution in [0.2, 0.25) is 0 Å². The molecule has 2 aromatic rings. The number of carbonyl (C=O) groups is 1. The van der Waals surface area contributed by atoms with E-state index in [2.05, 4.69) is 22.4 Å². The summed E-state index contributed by atoms with van der Waals surface area (Å²) in [5, 5.41) is 5.19. The van der Waals surface area contributed by atoms with Gasteiger partial charge >= 0.3 is 0 Å².